The van der Waals surface area contributed by atoms with Gasteiger partial charge in [0.15, 0.2) is 0 Å². The summed E-state index contributed by atoms with van der Waals surface area (Å²) in [5.74, 6) is 0. The van der Waals surface area contributed by atoms with E-state index in [0.717, 1.165) is 25.0 Å². The van der Waals surface area contributed by atoms with Crippen molar-refractivity contribution in [2.75, 3.05) is 22.9 Å². The second-order valence-electron chi connectivity index (χ2n) is 6.15. The lowest BCUT2D eigenvalue weighted by molar-refractivity contribution is -0.0975. The van der Waals surface area contributed by atoms with Crippen LogP contribution in [0.4, 0.5) is 11.4 Å². The summed E-state index contributed by atoms with van der Waals surface area (Å²) in [6.07, 6.45) is 2.39. The number of rotatable bonds is 6. The SMILES string of the molecule is CCOC1CC(Nc2cccc(NS(C)(=O)=O)c2)C1(C)C. The molecule has 6 heteroatoms. The minimum Gasteiger partial charge on any atom is -0.382 e. The molecule has 1 aromatic rings. The molecule has 2 rings (SSSR count). The molecule has 1 aliphatic rings. The topological polar surface area (TPSA) is 67.4 Å². The molecule has 2 unspecified atom stereocenters. The highest BCUT2D eigenvalue weighted by molar-refractivity contribution is 7.92. The maximum Gasteiger partial charge on any atom is 0.229 e. The molecular weight excluding hydrogens is 288 g/mol. The zero-order chi connectivity index (χ0) is 15.7. The summed E-state index contributed by atoms with van der Waals surface area (Å²) in [4.78, 5) is 0. The molecule has 0 spiro atoms. The average molecular weight is 312 g/mol. The van der Waals surface area contributed by atoms with Gasteiger partial charge in [0.05, 0.1) is 18.0 Å². The Morgan fingerprint density at radius 1 is 1.33 bits per heavy atom. The van der Waals surface area contributed by atoms with Crippen molar-refractivity contribution in [2.45, 2.75) is 39.3 Å². The van der Waals surface area contributed by atoms with Gasteiger partial charge in [-0.25, -0.2) is 8.42 Å². The number of anilines is 2. The molecule has 0 radical (unpaired) electrons. The highest BCUT2D eigenvalue weighted by atomic mass is 32.2. The number of sulfonamides is 1. The van der Waals surface area contributed by atoms with Gasteiger partial charge in [-0.3, -0.25) is 4.72 Å². The van der Waals surface area contributed by atoms with Crippen LogP contribution in [0.15, 0.2) is 24.3 Å². The Hall–Kier alpha value is -1.27. The fourth-order valence-corrected chi connectivity index (χ4v) is 3.26. The Balaban J connectivity index is 2.03. The first-order valence-corrected chi connectivity index (χ1v) is 9.07. The van der Waals surface area contributed by atoms with Gasteiger partial charge in [-0.15, -0.1) is 0 Å². The van der Waals surface area contributed by atoms with E-state index in [1.807, 2.05) is 25.1 Å². The fraction of sp³-hybridized carbons (Fsp3) is 0.600. The van der Waals surface area contributed by atoms with Crippen LogP contribution in [0.1, 0.15) is 27.2 Å². The number of hydrogen-bond acceptors (Lipinski definition) is 4. The lowest BCUT2D eigenvalue weighted by Gasteiger charge is -2.52. The Kier molecular flexibility index (Phi) is 4.49. The number of nitrogens with one attached hydrogen (secondary N) is 2. The van der Waals surface area contributed by atoms with Crippen molar-refractivity contribution in [1.29, 1.82) is 0 Å². The molecule has 1 aliphatic carbocycles. The Morgan fingerprint density at radius 2 is 2.00 bits per heavy atom. The molecule has 5 nitrogen and oxygen atoms in total. The van der Waals surface area contributed by atoms with Gasteiger partial charge in [0.2, 0.25) is 10.0 Å². The van der Waals surface area contributed by atoms with Crippen molar-refractivity contribution in [1.82, 2.24) is 0 Å². The van der Waals surface area contributed by atoms with Crippen molar-refractivity contribution in [2.24, 2.45) is 5.41 Å². The minimum atomic E-state index is -3.25. The Morgan fingerprint density at radius 3 is 2.57 bits per heavy atom. The van der Waals surface area contributed by atoms with E-state index in [1.165, 1.54) is 0 Å². The van der Waals surface area contributed by atoms with E-state index in [4.69, 9.17) is 4.74 Å². The van der Waals surface area contributed by atoms with Crippen molar-refractivity contribution in [3.05, 3.63) is 24.3 Å². The molecule has 1 fully saturated rings. The van der Waals surface area contributed by atoms with Crippen LogP contribution >= 0.6 is 0 Å². The minimum absolute atomic E-state index is 0.0658. The zero-order valence-electron chi connectivity index (χ0n) is 13.0. The van der Waals surface area contributed by atoms with Crippen LogP contribution in [-0.2, 0) is 14.8 Å². The van der Waals surface area contributed by atoms with Crippen molar-refractivity contribution in [3.8, 4) is 0 Å². The predicted molar refractivity (Wildman–Crippen MR) is 86.1 cm³/mol. The molecular formula is C15H24N2O3S. The van der Waals surface area contributed by atoms with E-state index < -0.39 is 10.0 Å². The lowest BCUT2D eigenvalue weighted by atomic mass is 9.64. The molecule has 0 bridgehead atoms. The maximum absolute atomic E-state index is 11.3. The van der Waals surface area contributed by atoms with E-state index in [2.05, 4.69) is 23.9 Å². The smallest absolute Gasteiger partial charge is 0.229 e. The Labute approximate surface area is 127 Å². The van der Waals surface area contributed by atoms with Crippen LogP contribution in [0.25, 0.3) is 0 Å². The average Bonchev–Trinajstić information content (AvgIpc) is 2.36. The van der Waals surface area contributed by atoms with E-state index in [9.17, 15) is 8.42 Å². The standard InChI is InChI=1S/C15H24N2O3S/c1-5-20-14-10-13(15(14,2)3)16-11-7-6-8-12(9-11)17-21(4,18)19/h6-9,13-14,16-17H,5,10H2,1-4H3. The highest BCUT2D eigenvalue weighted by Crippen LogP contribution is 2.44. The largest absolute Gasteiger partial charge is 0.382 e. The summed E-state index contributed by atoms with van der Waals surface area (Å²) >= 11 is 0. The molecule has 1 saturated carbocycles. The molecule has 0 heterocycles. The second-order valence-corrected chi connectivity index (χ2v) is 7.90. The van der Waals surface area contributed by atoms with E-state index in [0.29, 0.717) is 11.7 Å². The molecule has 118 valence electrons. The van der Waals surface area contributed by atoms with Gasteiger partial charge < -0.3 is 10.1 Å². The molecule has 21 heavy (non-hydrogen) atoms. The van der Waals surface area contributed by atoms with Gasteiger partial charge in [-0.05, 0) is 31.5 Å². The molecule has 2 N–H and O–H groups in total. The molecule has 0 aliphatic heterocycles. The van der Waals surface area contributed by atoms with Gasteiger partial charge in [0.25, 0.3) is 0 Å². The molecule has 2 atom stereocenters. The van der Waals surface area contributed by atoms with Crippen LogP contribution in [0.5, 0.6) is 0 Å². The molecule has 0 saturated heterocycles. The number of benzene rings is 1. The summed E-state index contributed by atoms with van der Waals surface area (Å²) in [6, 6.07) is 7.65. The first kappa shape index (κ1) is 16.1. The van der Waals surface area contributed by atoms with E-state index in [1.54, 1.807) is 6.07 Å². The van der Waals surface area contributed by atoms with Gasteiger partial charge >= 0.3 is 0 Å². The van der Waals surface area contributed by atoms with Crippen LogP contribution in [0.2, 0.25) is 0 Å². The van der Waals surface area contributed by atoms with Gasteiger partial charge in [-0.2, -0.15) is 0 Å². The first-order chi connectivity index (χ1) is 9.72. The Bertz CT molecular complexity index is 599. The number of hydrogen-bond donors (Lipinski definition) is 2. The summed E-state index contributed by atoms with van der Waals surface area (Å²) in [7, 11) is -3.25. The molecule has 0 amide bonds. The summed E-state index contributed by atoms with van der Waals surface area (Å²) in [5.41, 5.74) is 1.55. The van der Waals surface area contributed by atoms with Gasteiger partial charge in [0.1, 0.15) is 0 Å². The third-order valence-electron chi connectivity index (χ3n) is 4.05. The summed E-state index contributed by atoms with van der Waals surface area (Å²) in [5, 5.41) is 3.47. The monoisotopic (exact) mass is 312 g/mol. The number of ether oxygens (including phenoxy) is 1. The van der Waals surface area contributed by atoms with Gasteiger partial charge in [0, 0.05) is 23.8 Å². The fourth-order valence-electron chi connectivity index (χ4n) is 2.70. The van der Waals surface area contributed by atoms with Crippen molar-refractivity contribution < 1.29 is 13.2 Å². The molecule has 1 aromatic carbocycles. The first-order valence-electron chi connectivity index (χ1n) is 7.18. The van der Waals surface area contributed by atoms with Crippen LogP contribution in [0.3, 0.4) is 0 Å². The molecule has 0 aromatic heterocycles. The van der Waals surface area contributed by atoms with Crippen LogP contribution in [0, 0.1) is 5.41 Å². The van der Waals surface area contributed by atoms with Gasteiger partial charge in [-0.1, -0.05) is 19.9 Å². The third kappa shape index (κ3) is 3.89. The lowest BCUT2D eigenvalue weighted by Crippen LogP contribution is -2.58. The normalized spacial score (nSPS) is 24.2. The quantitative estimate of drug-likeness (QED) is 0.847. The zero-order valence-corrected chi connectivity index (χ0v) is 13.8. The van der Waals surface area contributed by atoms with Crippen molar-refractivity contribution >= 4 is 21.4 Å². The second kappa shape index (κ2) is 5.85. The predicted octanol–water partition coefficient (Wildman–Crippen LogP) is 2.67. The summed E-state index contributed by atoms with van der Waals surface area (Å²) < 4.78 is 30.7. The van der Waals surface area contributed by atoms with Crippen LogP contribution < -0.4 is 10.0 Å². The van der Waals surface area contributed by atoms with Crippen molar-refractivity contribution in [3.63, 3.8) is 0 Å². The van der Waals surface area contributed by atoms with E-state index in [-0.39, 0.29) is 11.5 Å². The third-order valence-corrected chi connectivity index (χ3v) is 4.66. The van der Waals surface area contributed by atoms with E-state index >= 15 is 0 Å². The van der Waals surface area contributed by atoms with Crippen LogP contribution in [-0.4, -0.2) is 33.4 Å². The summed E-state index contributed by atoms with van der Waals surface area (Å²) in [6.45, 7) is 7.12. The maximum atomic E-state index is 11.3. The highest BCUT2D eigenvalue weighted by Gasteiger charge is 2.48.